The number of pyridine rings is 1. The van der Waals surface area contributed by atoms with Gasteiger partial charge in [0.25, 0.3) is 5.56 Å². The van der Waals surface area contributed by atoms with Crippen LogP contribution in [0.1, 0.15) is 15.9 Å². The lowest BCUT2D eigenvalue weighted by molar-refractivity contribution is -0.137. The van der Waals surface area contributed by atoms with E-state index in [0.29, 0.717) is 12.3 Å². The van der Waals surface area contributed by atoms with Gasteiger partial charge in [-0.1, -0.05) is 11.6 Å². The van der Waals surface area contributed by atoms with Gasteiger partial charge in [0.15, 0.2) is 0 Å². The Morgan fingerprint density at radius 2 is 2.08 bits per heavy atom. The summed E-state index contributed by atoms with van der Waals surface area (Å²) in [4.78, 5) is 39.2. The summed E-state index contributed by atoms with van der Waals surface area (Å²) in [7, 11) is 0. The molecule has 2 heterocycles. The van der Waals surface area contributed by atoms with Crippen molar-refractivity contribution in [3.63, 3.8) is 0 Å². The van der Waals surface area contributed by atoms with E-state index in [2.05, 4.69) is 10.3 Å². The summed E-state index contributed by atoms with van der Waals surface area (Å²) in [5.74, 6) is -1.54. The van der Waals surface area contributed by atoms with Crippen LogP contribution in [-0.2, 0) is 12.7 Å². The van der Waals surface area contributed by atoms with Crippen molar-refractivity contribution in [1.82, 2.24) is 14.5 Å². The van der Waals surface area contributed by atoms with E-state index in [1.54, 1.807) is 0 Å². The zero-order chi connectivity index (χ0) is 18.8. The minimum absolute atomic E-state index is 0.0108. The highest BCUT2D eigenvalue weighted by Crippen LogP contribution is 2.32. The average Bonchev–Trinajstić information content (AvgIpc) is 2.49. The van der Waals surface area contributed by atoms with Gasteiger partial charge in [0.2, 0.25) is 0 Å². The molecule has 0 amide bonds. The van der Waals surface area contributed by atoms with Crippen LogP contribution in [0.25, 0.3) is 0 Å². The molecule has 0 unspecified atom stereocenters. The Morgan fingerprint density at radius 1 is 1.40 bits per heavy atom. The van der Waals surface area contributed by atoms with Crippen molar-refractivity contribution in [2.75, 3.05) is 11.9 Å². The number of aromatic nitrogens is 3. The Morgan fingerprint density at radius 3 is 2.64 bits per heavy atom. The molecule has 0 atom stereocenters. The number of carboxylic acids is 1. The third-order valence-corrected chi connectivity index (χ3v) is 3.34. The van der Waals surface area contributed by atoms with Gasteiger partial charge < -0.3 is 10.4 Å². The molecule has 2 rings (SSSR count). The molecule has 134 valence electrons. The van der Waals surface area contributed by atoms with Crippen molar-refractivity contribution >= 4 is 23.4 Å². The second-order valence-electron chi connectivity index (χ2n) is 4.78. The van der Waals surface area contributed by atoms with Gasteiger partial charge >= 0.3 is 17.8 Å². The molecule has 0 aliphatic rings. The summed E-state index contributed by atoms with van der Waals surface area (Å²) in [6, 6.07) is 0.700. The van der Waals surface area contributed by atoms with E-state index in [0.717, 1.165) is 10.8 Å². The van der Waals surface area contributed by atoms with Gasteiger partial charge in [0, 0.05) is 25.5 Å². The van der Waals surface area contributed by atoms with Crippen molar-refractivity contribution in [2.24, 2.45) is 0 Å². The lowest BCUT2D eigenvalue weighted by Gasteiger charge is -2.11. The topological polar surface area (TPSA) is 117 Å². The fourth-order valence-electron chi connectivity index (χ4n) is 1.85. The summed E-state index contributed by atoms with van der Waals surface area (Å²) in [5.41, 5.74) is -3.49. The first kappa shape index (κ1) is 18.5. The molecule has 0 saturated carbocycles. The number of halogens is 4. The molecule has 0 spiro atoms. The van der Waals surface area contributed by atoms with Gasteiger partial charge in [-0.15, -0.1) is 0 Å². The number of anilines is 1. The molecule has 0 aliphatic heterocycles. The van der Waals surface area contributed by atoms with Crippen LogP contribution in [0.15, 0.2) is 28.0 Å². The summed E-state index contributed by atoms with van der Waals surface area (Å²) in [5, 5.41) is 11.2. The van der Waals surface area contributed by atoms with Crippen LogP contribution in [-0.4, -0.2) is 32.2 Å². The molecule has 0 saturated heterocycles. The molecule has 0 fully saturated rings. The first-order valence-corrected chi connectivity index (χ1v) is 7.01. The number of rotatable bonds is 5. The molecule has 8 nitrogen and oxygen atoms in total. The fourth-order valence-corrected chi connectivity index (χ4v) is 2.08. The van der Waals surface area contributed by atoms with Gasteiger partial charge in [-0.05, 0) is 6.07 Å². The normalized spacial score (nSPS) is 11.4. The van der Waals surface area contributed by atoms with E-state index in [9.17, 15) is 27.6 Å². The molecule has 12 heteroatoms. The highest BCUT2D eigenvalue weighted by molar-refractivity contribution is 6.32. The minimum Gasteiger partial charge on any atom is -0.477 e. The van der Waals surface area contributed by atoms with Crippen molar-refractivity contribution in [2.45, 2.75) is 12.7 Å². The number of carbonyl (C=O) groups is 1. The lowest BCUT2D eigenvalue weighted by atomic mass is 10.3. The average molecular weight is 379 g/mol. The number of carboxylic acid groups (broad SMARTS) is 1. The van der Waals surface area contributed by atoms with E-state index >= 15 is 0 Å². The number of alkyl halides is 3. The summed E-state index contributed by atoms with van der Waals surface area (Å²) >= 11 is 5.72. The number of aromatic carboxylic acids is 1. The predicted molar refractivity (Wildman–Crippen MR) is 81.0 cm³/mol. The number of aromatic amines is 1. The number of hydrogen-bond donors (Lipinski definition) is 3. The van der Waals surface area contributed by atoms with Crippen molar-refractivity contribution in [1.29, 1.82) is 0 Å². The van der Waals surface area contributed by atoms with Gasteiger partial charge in [-0.25, -0.2) is 14.6 Å². The fraction of sp³-hybridized carbons (Fsp3) is 0.231. The molecule has 2 aromatic heterocycles. The Hall–Kier alpha value is -2.82. The Balaban J connectivity index is 2.11. The van der Waals surface area contributed by atoms with Crippen LogP contribution < -0.4 is 16.6 Å². The largest absolute Gasteiger partial charge is 0.477 e. The standard InChI is InChI=1S/C13H10ClF3N4O4/c14-8-3-6(13(15,16)17)4-19-9(8)18-1-2-21-5-7(11(23)24)10(22)20-12(21)25/h3-5H,1-2H2,(H,18,19)(H,23,24)(H,20,22,25). The smallest absolute Gasteiger partial charge is 0.417 e. The van der Waals surface area contributed by atoms with Crippen molar-refractivity contribution in [3.8, 4) is 0 Å². The molecular weight excluding hydrogens is 369 g/mol. The first-order valence-electron chi connectivity index (χ1n) is 6.63. The van der Waals surface area contributed by atoms with Crippen LogP contribution in [0.5, 0.6) is 0 Å². The van der Waals surface area contributed by atoms with Gasteiger partial charge in [0.05, 0.1) is 10.6 Å². The van der Waals surface area contributed by atoms with E-state index in [1.165, 1.54) is 0 Å². The van der Waals surface area contributed by atoms with Crippen LogP contribution in [0, 0.1) is 0 Å². The van der Waals surface area contributed by atoms with Crippen LogP contribution in [0.2, 0.25) is 5.02 Å². The molecule has 25 heavy (non-hydrogen) atoms. The van der Waals surface area contributed by atoms with Crippen LogP contribution >= 0.6 is 11.6 Å². The van der Waals surface area contributed by atoms with Crippen LogP contribution in [0.3, 0.4) is 0 Å². The second kappa shape index (κ2) is 6.97. The highest BCUT2D eigenvalue weighted by atomic mass is 35.5. The van der Waals surface area contributed by atoms with E-state index < -0.39 is 34.5 Å². The Labute approximate surface area is 141 Å². The van der Waals surface area contributed by atoms with Crippen LogP contribution in [0.4, 0.5) is 19.0 Å². The SMILES string of the molecule is O=C(O)c1cn(CCNc2ncc(C(F)(F)F)cc2Cl)c(=O)[nH]c1=O. The highest BCUT2D eigenvalue weighted by Gasteiger charge is 2.31. The van der Waals surface area contributed by atoms with E-state index in [1.807, 2.05) is 4.98 Å². The third-order valence-electron chi connectivity index (χ3n) is 3.05. The molecule has 0 bridgehead atoms. The first-order chi connectivity index (χ1) is 11.6. The molecule has 2 aromatic rings. The van der Waals surface area contributed by atoms with Gasteiger partial charge in [0.1, 0.15) is 11.4 Å². The maximum atomic E-state index is 12.5. The summed E-state index contributed by atoms with van der Waals surface area (Å²) in [6.07, 6.45) is -3.11. The zero-order valence-electron chi connectivity index (χ0n) is 12.2. The number of H-pyrrole nitrogens is 1. The second-order valence-corrected chi connectivity index (χ2v) is 5.19. The number of hydrogen-bond acceptors (Lipinski definition) is 5. The van der Waals surface area contributed by atoms with E-state index in [4.69, 9.17) is 16.7 Å². The minimum atomic E-state index is -4.58. The lowest BCUT2D eigenvalue weighted by Crippen LogP contribution is -2.34. The molecule has 0 radical (unpaired) electrons. The number of nitrogens with zero attached hydrogens (tertiary/aromatic N) is 2. The maximum absolute atomic E-state index is 12.5. The van der Waals surface area contributed by atoms with Gasteiger partial charge in [-0.3, -0.25) is 14.3 Å². The maximum Gasteiger partial charge on any atom is 0.417 e. The van der Waals surface area contributed by atoms with E-state index in [-0.39, 0.29) is 23.9 Å². The summed E-state index contributed by atoms with van der Waals surface area (Å²) in [6.45, 7) is -0.0992. The molecule has 3 N–H and O–H groups in total. The van der Waals surface area contributed by atoms with Gasteiger partial charge in [-0.2, -0.15) is 13.2 Å². The molecular formula is C13H10ClF3N4O4. The number of nitrogens with one attached hydrogen (secondary N) is 2. The Kier molecular flexibility index (Phi) is 5.16. The molecule has 0 aliphatic carbocycles. The third kappa shape index (κ3) is 4.38. The quantitative estimate of drug-likeness (QED) is 0.724. The van der Waals surface area contributed by atoms with Crippen molar-refractivity contribution in [3.05, 3.63) is 55.4 Å². The monoisotopic (exact) mass is 378 g/mol. The van der Waals surface area contributed by atoms with Crippen molar-refractivity contribution < 1.29 is 23.1 Å². The zero-order valence-corrected chi connectivity index (χ0v) is 13.0. The predicted octanol–water partition coefficient (Wildman–Crippen LogP) is 1.41. The molecule has 0 aromatic carbocycles. The summed E-state index contributed by atoms with van der Waals surface area (Å²) < 4.78 is 38.5. The Bertz CT molecular complexity index is 923.